The first kappa shape index (κ1) is 11.3. The summed E-state index contributed by atoms with van der Waals surface area (Å²) in [5.41, 5.74) is 0. The molecule has 13 heavy (non-hydrogen) atoms. The van der Waals surface area contributed by atoms with Crippen LogP contribution in [0.2, 0.25) is 0 Å². The molecule has 0 spiro atoms. The number of nitrogens with one attached hydrogen (secondary N) is 2. The third kappa shape index (κ3) is 5.55. The summed E-state index contributed by atoms with van der Waals surface area (Å²) < 4.78 is 0. The summed E-state index contributed by atoms with van der Waals surface area (Å²) in [6, 6.07) is 0. The van der Waals surface area contributed by atoms with Gasteiger partial charge in [-0.1, -0.05) is 0 Å². The van der Waals surface area contributed by atoms with E-state index in [4.69, 9.17) is 0 Å². The Bertz CT molecular complexity index is 111. The first-order chi connectivity index (χ1) is 6.43. The molecule has 1 aliphatic heterocycles. The zero-order chi connectivity index (χ0) is 9.36. The van der Waals surface area contributed by atoms with Crippen LogP contribution in [-0.4, -0.2) is 31.9 Å². The van der Waals surface area contributed by atoms with Crippen molar-refractivity contribution in [1.29, 1.82) is 0 Å². The van der Waals surface area contributed by atoms with Gasteiger partial charge in [0.05, 0.1) is 0 Å². The second-order valence-electron chi connectivity index (χ2n) is 3.83. The first-order valence-electron chi connectivity index (χ1n) is 5.46. The van der Waals surface area contributed by atoms with Crippen molar-refractivity contribution in [3.8, 4) is 0 Å². The SMILES string of the molecule is SCCCNCC1CCCNCC1. The molecule has 0 aromatic rings. The zero-order valence-electron chi connectivity index (χ0n) is 8.39. The molecule has 2 nitrogen and oxygen atoms in total. The summed E-state index contributed by atoms with van der Waals surface area (Å²) in [5, 5.41) is 6.95. The van der Waals surface area contributed by atoms with E-state index in [1.807, 2.05) is 0 Å². The Kier molecular flexibility index (Phi) is 6.68. The van der Waals surface area contributed by atoms with Crippen LogP contribution in [0.25, 0.3) is 0 Å². The van der Waals surface area contributed by atoms with Crippen molar-refractivity contribution in [2.75, 3.05) is 31.9 Å². The van der Waals surface area contributed by atoms with E-state index in [1.54, 1.807) is 0 Å². The molecule has 1 fully saturated rings. The molecular weight excluding hydrogens is 180 g/mol. The van der Waals surface area contributed by atoms with Crippen LogP contribution in [0.4, 0.5) is 0 Å². The van der Waals surface area contributed by atoms with E-state index < -0.39 is 0 Å². The van der Waals surface area contributed by atoms with Gasteiger partial charge in [0, 0.05) is 0 Å². The van der Waals surface area contributed by atoms with Crippen LogP contribution < -0.4 is 10.6 Å². The Morgan fingerprint density at radius 2 is 2.23 bits per heavy atom. The summed E-state index contributed by atoms with van der Waals surface area (Å²) in [7, 11) is 0. The molecule has 1 heterocycles. The lowest BCUT2D eigenvalue weighted by molar-refractivity contribution is 0.436. The summed E-state index contributed by atoms with van der Waals surface area (Å²) >= 11 is 4.19. The topological polar surface area (TPSA) is 24.1 Å². The van der Waals surface area contributed by atoms with Gasteiger partial charge in [-0.15, -0.1) is 0 Å². The second-order valence-corrected chi connectivity index (χ2v) is 4.28. The van der Waals surface area contributed by atoms with Gasteiger partial charge < -0.3 is 10.6 Å². The lowest BCUT2D eigenvalue weighted by Gasteiger charge is -2.13. The number of thiol groups is 1. The smallest absolute Gasteiger partial charge is 0.00200 e. The van der Waals surface area contributed by atoms with Crippen molar-refractivity contribution < 1.29 is 0 Å². The summed E-state index contributed by atoms with van der Waals surface area (Å²) in [5.74, 6) is 1.90. The molecule has 0 radical (unpaired) electrons. The van der Waals surface area contributed by atoms with Crippen LogP contribution in [0.1, 0.15) is 25.7 Å². The van der Waals surface area contributed by atoms with E-state index in [1.165, 1.54) is 45.3 Å². The maximum absolute atomic E-state index is 4.19. The molecule has 1 rings (SSSR count). The van der Waals surface area contributed by atoms with Crippen molar-refractivity contribution in [3.63, 3.8) is 0 Å². The largest absolute Gasteiger partial charge is 0.317 e. The second kappa shape index (κ2) is 7.65. The Morgan fingerprint density at radius 1 is 1.31 bits per heavy atom. The number of rotatable bonds is 5. The van der Waals surface area contributed by atoms with E-state index in [2.05, 4.69) is 23.3 Å². The maximum Gasteiger partial charge on any atom is -0.00200 e. The molecule has 3 heteroatoms. The van der Waals surface area contributed by atoms with Gasteiger partial charge in [-0.25, -0.2) is 0 Å². The highest BCUT2D eigenvalue weighted by molar-refractivity contribution is 7.80. The summed E-state index contributed by atoms with van der Waals surface area (Å²) in [4.78, 5) is 0. The fraction of sp³-hybridized carbons (Fsp3) is 1.00. The summed E-state index contributed by atoms with van der Waals surface area (Å²) in [6.07, 6.45) is 5.27. The lowest BCUT2D eigenvalue weighted by Crippen LogP contribution is -2.24. The Hall–Kier alpha value is 0.270. The van der Waals surface area contributed by atoms with Crippen LogP contribution in [0.3, 0.4) is 0 Å². The van der Waals surface area contributed by atoms with E-state index in [0.717, 1.165) is 18.2 Å². The quantitative estimate of drug-likeness (QED) is 0.462. The molecule has 0 amide bonds. The Morgan fingerprint density at radius 3 is 3.08 bits per heavy atom. The molecule has 2 N–H and O–H groups in total. The third-order valence-corrected chi connectivity index (χ3v) is 2.96. The molecule has 0 aromatic heterocycles. The molecule has 0 aliphatic carbocycles. The number of hydrogen-bond donors (Lipinski definition) is 3. The minimum Gasteiger partial charge on any atom is -0.317 e. The van der Waals surface area contributed by atoms with Gasteiger partial charge in [-0.2, -0.15) is 12.6 Å². The number of hydrogen-bond acceptors (Lipinski definition) is 3. The fourth-order valence-corrected chi connectivity index (χ4v) is 1.96. The average Bonchev–Trinajstić information content (AvgIpc) is 2.41. The van der Waals surface area contributed by atoms with Gasteiger partial charge in [-0.3, -0.25) is 0 Å². The van der Waals surface area contributed by atoms with Crippen molar-refractivity contribution in [2.45, 2.75) is 25.7 Å². The predicted octanol–water partition coefficient (Wildman–Crippen LogP) is 1.29. The average molecular weight is 202 g/mol. The molecule has 1 saturated heterocycles. The monoisotopic (exact) mass is 202 g/mol. The van der Waals surface area contributed by atoms with Crippen molar-refractivity contribution >= 4 is 12.6 Å². The molecule has 0 saturated carbocycles. The Labute approximate surface area is 87.3 Å². The molecule has 1 atom stereocenters. The van der Waals surface area contributed by atoms with Crippen molar-refractivity contribution in [3.05, 3.63) is 0 Å². The van der Waals surface area contributed by atoms with Crippen LogP contribution in [0.5, 0.6) is 0 Å². The maximum atomic E-state index is 4.19. The van der Waals surface area contributed by atoms with Gasteiger partial charge in [0.1, 0.15) is 0 Å². The first-order valence-corrected chi connectivity index (χ1v) is 6.09. The molecular formula is C10H22N2S. The standard InChI is InChI=1S/C10H22N2S/c13-8-2-6-12-9-10-3-1-5-11-7-4-10/h10-13H,1-9H2. The van der Waals surface area contributed by atoms with Crippen molar-refractivity contribution in [2.24, 2.45) is 5.92 Å². The van der Waals surface area contributed by atoms with Gasteiger partial charge in [0.25, 0.3) is 0 Å². The normalized spacial score (nSPS) is 24.2. The molecule has 0 bridgehead atoms. The molecule has 1 aliphatic rings. The fourth-order valence-electron chi connectivity index (χ4n) is 1.81. The van der Waals surface area contributed by atoms with Crippen molar-refractivity contribution in [1.82, 2.24) is 10.6 Å². The van der Waals surface area contributed by atoms with E-state index in [-0.39, 0.29) is 0 Å². The van der Waals surface area contributed by atoms with Gasteiger partial charge in [0.2, 0.25) is 0 Å². The highest BCUT2D eigenvalue weighted by Crippen LogP contribution is 2.11. The van der Waals surface area contributed by atoms with E-state index >= 15 is 0 Å². The van der Waals surface area contributed by atoms with E-state index in [9.17, 15) is 0 Å². The summed E-state index contributed by atoms with van der Waals surface area (Å²) in [6.45, 7) is 4.76. The predicted molar refractivity (Wildman–Crippen MR) is 61.6 cm³/mol. The highest BCUT2D eigenvalue weighted by Gasteiger charge is 2.10. The van der Waals surface area contributed by atoms with Crippen LogP contribution in [0, 0.1) is 5.92 Å². The minimum atomic E-state index is 0.898. The zero-order valence-corrected chi connectivity index (χ0v) is 9.28. The minimum absolute atomic E-state index is 0.898. The third-order valence-electron chi connectivity index (χ3n) is 2.64. The molecule has 78 valence electrons. The molecule has 0 aromatic carbocycles. The molecule has 1 unspecified atom stereocenters. The van der Waals surface area contributed by atoms with Crippen LogP contribution in [0.15, 0.2) is 0 Å². The Balaban J connectivity index is 1.98. The van der Waals surface area contributed by atoms with Gasteiger partial charge in [0.15, 0.2) is 0 Å². The van der Waals surface area contributed by atoms with Gasteiger partial charge in [-0.05, 0) is 63.5 Å². The lowest BCUT2D eigenvalue weighted by atomic mass is 10.0. The van der Waals surface area contributed by atoms with E-state index in [0.29, 0.717) is 0 Å². The van der Waals surface area contributed by atoms with Gasteiger partial charge >= 0.3 is 0 Å². The van der Waals surface area contributed by atoms with Crippen LogP contribution >= 0.6 is 12.6 Å². The van der Waals surface area contributed by atoms with Crippen LogP contribution in [-0.2, 0) is 0 Å². The highest BCUT2D eigenvalue weighted by atomic mass is 32.1.